The molecule has 0 saturated carbocycles. The fourth-order valence-electron chi connectivity index (χ4n) is 2.43. The van der Waals surface area contributed by atoms with Crippen LogP contribution < -0.4 is 15.5 Å². The van der Waals surface area contributed by atoms with Crippen LogP contribution in [0.5, 0.6) is 0 Å². The third kappa shape index (κ3) is 1.55. The Hall–Kier alpha value is -2.02. The maximum atomic E-state index is 12.4. The van der Waals surface area contributed by atoms with Crippen molar-refractivity contribution in [1.29, 1.82) is 0 Å². The predicted octanol–water partition coefficient (Wildman–Crippen LogP) is -0.345. The summed E-state index contributed by atoms with van der Waals surface area (Å²) in [6, 6.07) is -0.414. The molecule has 3 heterocycles. The molecule has 1 spiro atoms. The van der Waals surface area contributed by atoms with Gasteiger partial charge in [0.2, 0.25) is 0 Å². The SMILES string of the molecule is O=C1NC2(CCNCC2)C(=O)N1c1cnccn1. The molecular weight excluding hydrogens is 234 g/mol. The summed E-state index contributed by atoms with van der Waals surface area (Å²) < 4.78 is 0. The van der Waals surface area contributed by atoms with Crippen molar-refractivity contribution in [3.63, 3.8) is 0 Å². The van der Waals surface area contributed by atoms with Gasteiger partial charge in [-0.3, -0.25) is 9.78 Å². The maximum absolute atomic E-state index is 12.4. The van der Waals surface area contributed by atoms with Gasteiger partial charge in [0.05, 0.1) is 6.20 Å². The van der Waals surface area contributed by atoms with E-state index >= 15 is 0 Å². The van der Waals surface area contributed by atoms with Crippen molar-refractivity contribution in [1.82, 2.24) is 20.6 Å². The zero-order valence-corrected chi connectivity index (χ0v) is 9.72. The van der Waals surface area contributed by atoms with Gasteiger partial charge in [-0.25, -0.2) is 14.7 Å². The van der Waals surface area contributed by atoms with E-state index in [1.807, 2.05) is 0 Å². The van der Waals surface area contributed by atoms with Crippen LogP contribution in [0, 0.1) is 0 Å². The summed E-state index contributed by atoms with van der Waals surface area (Å²) >= 11 is 0. The summed E-state index contributed by atoms with van der Waals surface area (Å²) in [6.07, 6.45) is 5.59. The molecule has 18 heavy (non-hydrogen) atoms. The highest BCUT2D eigenvalue weighted by molar-refractivity contribution is 6.22. The van der Waals surface area contributed by atoms with Crippen LogP contribution in [-0.2, 0) is 4.79 Å². The maximum Gasteiger partial charge on any atom is 0.330 e. The lowest BCUT2D eigenvalue weighted by Gasteiger charge is -2.30. The number of urea groups is 1. The molecule has 7 nitrogen and oxygen atoms in total. The number of hydrogen-bond acceptors (Lipinski definition) is 5. The largest absolute Gasteiger partial charge is 0.330 e. The van der Waals surface area contributed by atoms with Gasteiger partial charge >= 0.3 is 6.03 Å². The van der Waals surface area contributed by atoms with Crippen LogP contribution in [-0.4, -0.2) is 40.5 Å². The number of hydrogen-bond donors (Lipinski definition) is 2. The topological polar surface area (TPSA) is 87.2 Å². The van der Waals surface area contributed by atoms with Gasteiger partial charge in [0.15, 0.2) is 5.82 Å². The Morgan fingerprint density at radius 2 is 2.00 bits per heavy atom. The fourth-order valence-corrected chi connectivity index (χ4v) is 2.43. The summed E-state index contributed by atoms with van der Waals surface area (Å²) in [7, 11) is 0. The Labute approximate surface area is 104 Å². The summed E-state index contributed by atoms with van der Waals surface area (Å²) in [4.78, 5) is 33.4. The third-order valence-corrected chi connectivity index (χ3v) is 3.40. The van der Waals surface area contributed by atoms with E-state index in [4.69, 9.17) is 0 Å². The number of rotatable bonds is 1. The second-order valence-corrected chi connectivity index (χ2v) is 4.47. The molecule has 0 bridgehead atoms. The minimum absolute atomic E-state index is 0.227. The van der Waals surface area contributed by atoms with Crippen molar-refractivity contribution in [2.24, 2.45) is 0 Å². The number of piperidine rings is 1. The molecule has 1 aromatic rings. The van der Waals surface area contributed by atoms with Crippen LogP contribution in [0.4, 0.5) is 10.6 Å². The normalized spacial score (nSPS) is 22.3. The van der Waals surface area contributed by atoms with Crippen LogP contribution in [0.1, 0.15) is 12.8 Å². The van der Waals surface area contributed by atoms with Crippen molar-refractivity contribution in [2.75, 3.05) is 18.0 Å². The van der Waals surface area contributed by atoms with Gasteiger partial charge < -0.3 is 10.6 Å². The summed E-state index contributed by atoms with van der Waals surface area (Å²) in [5, 5.41) is 5.97. The first-order valence-electron chi connectivity index (χ1n) is 5.86. The zero-order valence-electron chi connectivity index (χ0n) is 9.72. The highest BCUT2D eigenvalue weighted by Gasteiger charge is 2.52. The van der Waals surface area contributed by atoms with Crippen molar-refractivity contribution in [3.05, 3.63) is 18.6 Å². The number of amides is 3. The predicted molar refractivity (Wildman–Crippen MR) is 62.9 cm³/mol. The van der Waals surface area contributed by atoms with Gasteiger partial charge in [0.25, 0.3) is 5.91 Å². The summed E-state index contributed by atoms with van der Waals surface area (Å²) in [6.45, 7) is 1.45. The molecule has 2 aliphatic rings. The summed E-state index contributed by atoms with van der Waals surface area (Å²) in [5.74, 6) is 0.0462. The van der Waals surface area contributed by atoms with Gasteiger partial charge in [0, 0.05) is 12.4 Å². The van der Waals surface area contributed by atoms with Crippen LogP contribution >= 0.6 is 0 Å². The smallest absolute Gasteiger partial charge is 0.323 e. The molecule has 2 saturated heterocycles. The lowest BCUT2D eigenvalue weighted by molar-refractivity contribution is -0.123. The van der Waals surface area contributed by atoms with Gasteiger partial charge in [-0.15, -0.1) is 0 Å². The van der Waals surface area contributed by atoms with E-state index in [0.717, 1.165) is 18.0 Å². The lowest BCUT2D eigenvalue weighted by atomic mass is 9.88. The summed E-state index contributed by atoms with van der Waals surface area (Å²) in [5.41, 5.74) is -0.764. The number of carbonyl (C=O) groups excluding carboxylic acids is 2. The zero-order chi connectivity index (χ0) is 12.6. The number of anilines is 1. The molecule has 7 heteroatoms. The lowest BCUT2D eigenvalue weighted by Crippen LogP contribution is -2.54. The van der Waals surface area contributed by atoms with Crippen LogP contribution in [0.15, 0.2) is 18.6 Å². The molecule has 0 unspecified atom stereocenters. The van der Waals surface area contributed by atoms with Gasteiger partial charge in [-0.2, -0.15) is 0 Å². The Morgan fingerprint density at radius 3 is 2.67 bits per heavy atom. The Balaban J connectivity index is 1.94. The van der Waals surface area contributed by atoms with E-state index in [-0.39, 0.29) is 11.7 Å². The first kappa shape index (κ1) is 11.1. The second kappa shape index (κ2) is 4.02. The molecule has 0 aliphatic carbocycles. The molecule has 1 aromatic heterocycles. The molecule has 0 radical (unpaired) electrons. The first-order valence-corrected chi connectivity index (χ1v) is 5.86. The number of carbonyl (C=O) groups is 2. The Morgan fingerprint density at radius 1 is 1.22 bits per heavy atom. The monoisotopic (exact) mass is 247 g/mol. The first-order chi connectivity index (χ1) is 8.73. The van der Waals surface area contributed by atoms with E-state index in [1.54, 1.807) is 0 Å². The highest BCUT2D eigenvalue weighted by atomic mass is 16.2. The van der Waals surface area contributed by atoms with Crippen molar-refractivity contribution >= 4 is 17.8 Å². The Kier molecular flexibility index (Phi) is 2.48. The molecule has 0 aromatic carbocycles. The van der Waals surface area contributed by atoms with E-state index in [2.05, 4.69) is 20.6 Å². The molecule has 2 N–H and O–H groups in total. The van der Waals surface area contributed by atoms with Crippen molar-refractivity contribution in [2.45, 2.75) is 18.4 Å². The van der Waals surface area contributed by atoms with Crippen LogP contribution in [0.3, 0.4) is 0 Å². The van der Waals surface area contributed by atoms with Crippen molar-refractivity contribution in [3.8, 4) is 0 Å². The van der Waals surface area contributed by atoms with Crippen LogP contribution in [0.25, 0.3) is 0 Å². The van der Waals surface area contributed by atoms with E-state index in [9.17, 15) is 9.59 Å². The average Bonchev–Trinajstić information content (AvgIpc) is 2.63. The van der Waals surface area contributed by atoms with Gasteiger partial charge in [-0.05, 0) is 25.9 Å². The molecule has 2 aliphatic heterocycles. The number of nitrogens with zero attached hydrogens (tertiary/aromatic N) is 3. The molecule has 3 amide bonds. The fraction of sp³-hybridized carbons (Fsp3) is 0.455. The third-order valence-electron chi connectivity index (χ3n) is 3.40. The minimum atomic E-state index is -0.764. The van der Waals surface area contributed by atoms with E-state index in [0.29, 0.717) is 12.8 Å². The quantitative estimate of drug-likeness (QED) is 0.663. The number of imide groups is 1. The molecule has 0 atom stereocenters. The molecule has 2 fully saturated rings. The Bertz CT molecular complexity index is 483. The van der Waals surface area contributed by atoms with Gasteiger partial charge in [0.1, 0.15) is 5.54 Å². The molecular formula is C11H13N5O2. The molecule has 94 valence electrons. The minimum Gasteiger partial charge on any atom is -0.323 e. The van der Waals surface area contributed by atoms with E-state index in [1.165, 1.54) is 18.6 Å². The van der Waals surface area contributed by atoms with Crippen LogP contribution in [0.2, 0.25) is 0 Å². The van der Waals surface area contributed by atoms with Gasteiger partial charge in [-0.1, -0.05) is 0 Å². The highest BCUT2D eigenvalue weighted by Crippen LogP contribution is 2.29. The number of aromatic nitrogens is 2. The van der Waals surface area contributed by atoms with Crippen molar-refractivity contribution < 1.29 is 9.59 Å². The standard InChI is InChI=1S/C11H13N5O2/c17-9-11(1-3-12-4-2-11)15-10(18)16(9)8-7-13-5-6-14-8/h5-7,12H,1-4H2,(H,15,18). The average molecular weight is 247 g/mol. The molecule has 3 rings (SSSR count). The van der Waals surface area contributed by atoms with E-state index < -0.39 is 11.6 Å². The second-order valence-electron chi connectivity index (χ2n) is 4.47. The number of nitrogens with one attached hydrogen (secondary N) is 2.